The maximum Gasteiger partial charge on any atom is 0.336 e. The SMILES string of the molecule is CCOc1nc(-c2ccccc2)n(C(=O)c2ccccc2Cl)n1. The minimum Gasteiger partial charge on any atom is -0.463 e. The van der Waals surface area contributed by atoms with E-state index in [2.05, 4.69) is 10.1 Å². The largest absolute Gasteiger partial charge is 0.463 e. The zero-order valence-electron chi connectivity index (χ0n) is 12.4. The van der Waals surface area contributed by atoms with E-state index in [1.807, 2.05) is 37.3 Å². The number of hydrogen-bond acceptors (Lipinski definition) is 4. The molecule has 0 aliphatic carbocycles. The van der Waals surface area contributed by atoms with E-state index in [4.69, 9.17) is 16.3 Å². The molecule has 0 bridgehead atoms. The lowest BCUT2D eigenvalue weighted by molar-refractivity contribution is 0.0945. The van der Waals surface area contributed by atoms with Crippen LogP contribution in [0.15, 0.2) is 54.6 Å². The first-order valence-electron chi connectivity index (χ1n) is 7.15. The Morgan fingerprint density at radius 3 is 2.52 bits per heavy atom. The monoisotopic (exact) mass is 327 g/mol. The first-order chi connectivity index (χ1) is 11.2. The molecule has 0 atom stereocenters. The second-order valence-electron chi connectivity index (χ2n) is 4.71. The van der Waals surface area contributed by atoms with Crippen molar-refractivity contribution in [3.8, 4) is 17.4 Å². The summed E-state index contributed by atoms with van der Waals surface area (Å²) in [5, 5.41) is 4.53. The normalized spacial score (nSPS) is 10.5. The molecule has 0 fully saturated rings. The Labute approximate surface area is 138 Å². The van der Waals surface area contributed by atoms with Gasteiger partial charge in [-0.25, -0.2) is 0 Å². The summed E-state index contributed by atoms with van der Waals surface area (Å²) >= 11 is 6.12. The number of hydrogen-bond donors (Lipinski definition) is 0. The number of halogens is 1. The van der Waals surface area contributed by atoms with Crippen LogP contribution < -0.4 is 4.74 Å². The molecule has 0 N–H and O–H groups in total. The van der Waals surface area contributed by atoms with Crippen LogP contribution in [0, 0.1) is 0 Å². The van der Waals surface area contributed by atoms with E-state index in [1.165, 1.54) is 4.68 Å². The van der Waals surface area contributed by atoms with Crippen LogP contribution >= 0.6 is 11.6 Å². The van der Waals surface area contributed by atoms with E-state index in [-0.39, 0.29) is 11.9 Å². The molecule has 23 heavy (non-hydrogen) atoms. The maximum atomic E-state index is 12.8. The van der Waals surface area contributed by atoms with Gasteiger partial charge in [0.1, 0.15) is 0 Å². The molecule has 0 radical (unpaired) electrons. The smallest absolute Gasteiger partial charge is 0.336 e. The first-order valence-corrected chi connectivity index (χ1v) is 7.53. The van der Waals surface area contributed by atoms with E-state index in [1.54, 1.807) is 24.3 Å². The molecule has 6 heteroatoms. The summed E-state index contributed by atoms with van der Waals surface area (Å²) in [6.07, 6.45) is 0. The molecular formula is C17H14ClN3O2. The molecule has 116 valence electrons. The minimum atomic E-state index is -0.354. The molecule has 0 spiro atoms. The van der Waals surface area contributed by atoms with Gasteiger partial charge in [-0.2, -0.15) is 9.67 Å². The van der Waals surface area contributed by atoms with E-state index in [0.29, 0.717) is 23.0 Å². The van der Waals surface area contributed by atoms with E-state index < -0.39 is 0 Å². The third kappa shape index (κ3) is 3.10. The van der Waals surface area contributed by atoms with Crippen molar-refractivity contribution in [2.24, 2.45) is 0 Å². The van der Waals surface area contributed by atoms with Crippen molar-refractivity contribution >= 4 is 17.5 Å². The molecule has 0 saturated carbocycles. The van der Waals surface area contributed by atoms with Crippen molar-refractivity contribution in [1.29, 1.82) is 0 Å². The molecule has 0 aliphatic rings. The van der Waals surface area contributed by atoms with Gasteiger partial charge in [-0.1, -0.05) is 54.1 Å². The molecule has 0 aliphatic heterocycles. The highest BCUT2D eigenvalue weighted by Crippen LogP contribution is 2.23. The minimum absolute atomic E-state index is 0.159. The molecule has 1 heterocycles. The molecule has 2 aromatic carbocycles. The first kappa shape index (κ1) is 15.2. The van der Waals surface area contributed by atoms with Gasteiger partial charge in [0.15, 0.2) is 5.82 Å². The lowest BCUT2D eigenvalue weighted by Crippen LogP contribution is -2.15. The van der Waals surface area contributed by atoms with Crippen LogP contribution in [-0.2, 0) is 0 Å². The molecule has 0 amide bonds. The van der Waals surface area contributed by atoms with Crippen molar-refractivity contribution in [2.45, 2.75) is 6.92 Å². The highest BCUT2D eigenvalue weighted by atomic mass is 35.5. The molecule has 3 aromatic rings. The van der Waals surface area contributed by atoms with Crippen molar-refractivity contribution in [3.05, 3.63) is 65.2 Å². The van der Waals surface area contributed by atoms with Crippen LogP contribution in [0.2, 0.25) is 5.02 Å². The van der Waals surface area contributed by atoms with Crippen LogP contribution in [0.1, 0.15) is 17.3 Å². The lowest BCUT2D eigenvalue weighted by atomic mass is 10.2. The van der Waals surface area contributed by atoms with Gasteiger partial charge < -0.3 is 4.74 Å². The number of benzene rings is 2. The van der Waals surface area contributed by atoms with Gasteiger partial charge in [0, 0.05) is 5.56 Å². The quantitative estimate of drug-likeness (QED) is 0.733. The third-order valence-electron chi connectivity index (χ3n) is 3.19. The predicted octanol–water partition coefficient (Wildman–Crippen LogP) is 3.69. The molecule has 1 aromatic heterocycles. The van der Waals surface area contributed by atoms with Crippen molar-refractivity contribution in [1.82, 2.24) is 14.8 Å². The van der Waals surface area contributed by atoms with E-state index in [9.17, 15) is 4.79 Å². The van der Waals surface area contributed by atoms with E-state index in [0.717, 1.165) is 5.56 Å². The lowest BCUT2D eigenvalue weighted by Gasteiger charge is -2.05. The van der Waals surface area contributed by atoms with Crippen LogP contribution in [-0.4, -0.2) is 27.3 Å². The number of carbonyl (C=O) groups excluding carboxylic acids is 1. The molecule has 3 rings (SSSR count). The maximum absolute atomic E-state index is 12.8. The van der Waals surface area contributed by atoms with E-state index >= 15 is 0 Å². The number of ether oxygens (including phenoxy) is 1. The summed E-state index contributed by atoms with van der Waals surface area (Å²) < 4.78 is 6.56. The Hall–Kier alpha value is -2.66. The molecule has 0 unspecified atom stereocenters. The third-order valence-corrected chi connectivity index (χ3v) is 3.52. The topological polar surface area (TPSA) is 57.0 Å². The van der Waals surface area contributed by atoms with Crippen LogP contribution in [0.5, 0.6) is 6.01 Å². The second kappa shape index (κ2) is 6.62. The summed E-state index contributed by atoms with van der Waals surface area (Å²) in [6.45, 7) is 2.25. The summed E-state index contributed by atoms with van der Waals surface area (Å²) in [7, 11) is 0. The van der Waals surface area contributed by atoms with Gasteiger partial charge in [0.2, 0.25) is 0 Å². The Bertz CT molecular complexity index is 831. The summed E-state index contributed by atoms with van der Waals surface area (Å²) in [5.74, 6) is 0.0619. The summed E-state index contributed by atoms with van der Waals surface area (Å²) in [6, 6.07) is 16.3. The predicted molar refractivity (Wildman–Crippen MR) is 87.8 cm³/mol. The Morgan fingerprint density at radius 1 is 1.13 bits per heavy atom. The number of nitrogens with zero attached hydrogens (tertiary/aromatic N) is 3. The van der Waals surface area contributed by atoms with Gasteiger partial charge >= 0.3 is 6.01 Å². The van der Waals surface area contributed by atoms with Crippen molar-refractivity contribution < 1.29 is 9.53 Å². The molecular weight excluding hydrogens is 314 g/mol. The average Bonchev–Trinajstić information content (AvgIpc) is 3.00. The van der Waals surface area contributed by atoms with Gasteiger partial charge in [-0.15, -0.1) is 5.10 Å². The second-order valence-corrected chi connectivity index (χ2v) is 5.12. The molecule has 0 saturated heterocycles. The summed E-state index contributed by atoms with van der Waals surface area (Å²) in [4.78, 5) is 17.1. The van der Waals surface area contributed by atoms with Crippen molar-refractivity contribution in [3.63, 3.8) is 0 Å². The van der Waals surface area contributed by atoms with Gasteiger partial charge in [0.05, 0.1) is 17.2 Å². The average molecular weight is 328 g/mol. The number of rotatable bonds is 4. The highest BCUT2D eigenvalue weighted by Gasteiger charge is 2.21. The Kier molecular flexibility index (Phi) is 4.39. The fourth-order valence-electron chi connectivity index (χ4n) is 2.15. The number of carbonyl (C=O) groups is 1. The summed E-state index contributed by atoms with van der Waals surface area (Å²) in [5.41, 5.74) is 1.13. The van der Waals surface area contributed by atoms with Gasteiger partial charge in [-0.05, 0) is 19.1 Å². The fraction of sp³-hybridized carbons (Fsp3) is 0.118. The standard InChI is InChI=1S/C17H14ClN3O2/c1-2-23-17-19-15(12-8-4-3-5-9-12)21(20-17)16(22)13-10-6-7-11-14(13)18/h3-11H,2H2,1H3. The molecule has 5 nitrogen and oxygen atoms in total. The number of aromatic nitrogens is 3. The van der Waals surface area contributed by atoms with Crippen LogP contribution in [0.4, 0.5) is 0 Å². The highest BCUT2D eigenvalue weighted by molar-refractivity contribution is 6.33. The van der Waals surface area contributed by atoms with Gasteiger partial charge in [-0.3, -0.25) is 4.79 Å². The van der Waals surface area contributed by atoms with Crippen LogP contribution in [0.25, 0.3) is 11.4 Å². The Balaban J connectivity index is 2.11. The fourth-order valence-corrected chi connectivity index (χ4v) is 2.36. The zero-order valence-corrected chi connectivity index (χ0v) is 13.2. The van der Waals surface area contributed by atoms with Crippen LogP contribution in [0.3, 0.4) is 0 Å². The Morgan fingerprint density at radius 2 is 1.83 bits per heavy atom. The van der Waals surface area contributed by atoms with Gasteiger partial charge in [0.25, 0.3) is 5.91 Å². The van der Waals surface area contributed by atoms with Crippen molar-refractivity contribution in [2.75, 3.05) is 6.61 Å². The zero-order chi connectivity index (χ0) is 16.2.